The molecular formula is C26H29N3O4S. The Kier molecular flexibility index (Phi) is 7.31. The van der Waals surface area contributed by atoms with Gasteiger partial charge in [0.15, 0.2) is 0 Å². The minimum atomic E-state index is -3.66. The molecule has 34 heavy (non-hydrogen) atoms. The van der Waals surface area contributed by atoms with Gasteiger partial charge in [-0.1, -0.05) is 42.5 Å². The first-order chi connectivity index (χ1) is 16.3. The highest BCUT2D eigenvalue weighted by Gasteiger charge is 2.27. The number of aryl methyl sites for hydroxylation is 2. The predicted molar refractivity (Wildman–Crippen MR) is 133 cm³/mol. The lowest BCUT2D eigenvalue weighted by Crippen LogP contribution is -2.40. The van der Waals surface area contributed by atoms with Crippen molar-refractivity contribution in [3.8, 4) is 0 Å². The predicted octanol–water partition coefficient (Wildman–Crippen LogP) is 4.12. The molecule has 7 nitrogen and oxygen atoms in total. The minimum Gasteiger partial charge on any atom is -0.379 e. The number of rotatable bonds is 7. The van der Waals surface area contributed by atoms with Crippen LogP contribution in [-0.2, 0) is 19.6 Å². The molecule has 0 bridgehead atoms. The minimum absolute atomic E-state index is 0.144. The van der Waals surface area contributed by atoms with Gasteiger partial charge in [-0.15, -0.1) is 0 Å². The number of hydrogen-bond donors (Lipinski definition) is 2. The molecule has 0 spiro atoms. The van der Waals surface area contributed by atoms with Crippen LogP contribution in [0.5, 0.6) is 0 Å². The average molecular weight is 480 g/mol. The summed E-state index contributed by atoms with van der Waals surface area (Å²) in [4.78, 5) is 13.5. The first-order valence-corrected chi connectivity index (χ1v) is 12.7. The van der Waals surface area contributed by atoms with Crippen LogP contribution in [0.1, 0.15) is 22.7 Å². The second-order valence-corrected chi connectivity index (χ2v) is 10.3. The molecule has 0 saturated carbocycles. The van der Waals surface area contributed by atoms with Gasteiger partial charge in [-0.2, -0.15) is 4.31 Å². The van der Waals surface area contributed by atoms with E-state index in [0.29, 0.717) is 32.0 Å². The van der Waals surface area contributed by atoms with Crippen molar-refractivity contribution >= 4 is 27.3 Å². The second-order valence-electron chi connectivity index (χ2n) is 8.40. The van der Waals surface area contributed by atoms with Crippen LogP contribution in [0, 0.1) is 13.8 Å². The van der Waals surface area contributed by atoms with E-state index in [1.807, 2.05) is 56.3 Å². The van der Waals surface area contributed by atoms with Crippen molar-refractivity contribution in [1.29, 1.82) is 0 Å². The van der Waals surface area contributed by atoms with Gasteiger partial charge in [0, 0.05) is 24.5 Å². The fraction of sp³-hybridized carbons (Fsp3) is 0.269. The number of nitrogens with zero attached hydrogens (tertiary/aromatic N) is 1. The van der Waals surface area contributed by atoms with Gasteiger partial charge in [0.25, 0.3) is 5.91 Å². The Labute approximate surface area is 200 Å². The summed E-state index contributed by atoms with van der Waals surface area (Å²) in [5, 5.41) is 6.24. The summed E-state index contributed by atoms with van der Waals surface area (Å²) in [7, 11) is -3.66. The third-order valence-corrected chi connectivity index (χ3v) is 7.53. The number of hydrogen-bond acceptors (Lipinski definition) is 5. The quantitative estimate of drug-likeness (QED) is 0.532. The monoisotopic (exact) mass is 479 g/mol. The number of carbonyl (C=O) groups is 1. The number of morpholine rings is 1. The molecule has 1 heterocycles. The number of carbonyl (C=O) groups excluding carboxylic acids is 1. The molecule has 8 heteroatoms. The van der Waals surface area contributed by atoms with Crippen LogP contribution in [0.3, 0.4) is 0 Å². The number of benzene rings is 3. The van der Waals surface area contributed by atoms with Crippen molar-refractivity contribution in [1.82, 2.24) is 4.31 Å². The zero-order valence-corrected chi connectivity index (χ0v) is 20.1. The third-order valence-electron chi connectivity index (χ3n) is 5.64. The molecule has 3 aromatic carbocycles. The molecule has 0 unspecified atom stereocenters. The zero-order valence-electron chi connectivity index (χ0n) is 19.3. The molecule has 1 amide bonds. The summed E-state index contributed by atoms with van der Waals surface area (Å²) in [6.45, 7) is 5.40. The normalized spacial score (nSPS) is 15.5. The molecular weight excluding hydrogens is 450 g/mol. The van der Waals surface area contributed by atoms with Crippen LogP contribution < -0.4 is 10.6 Å². The lowest BCUT2D eigenvalue weighted by atomic mass is 10.0. The summed E-state index contributed by atoms with van der Waals surface area (Å²) >= 11 is 0. The van der Waals surface area contributed by atoms with Crippen LogP contribution in [0.25, 0.3) is 0 Å². The van der Waals surface area contributed by atoms with Crippen molar-refractivity contribution < 1.29 is 17.9 Å². The summed E-state index contributed by atoms with van der Waals surface area (Å²) in [5.41, 5.74) is 4.25. The summed E-state index contributed by atoms with van der Waals surface area (Å²) in [6.07, 6.45) is 0. The van der Waals surface area contributed by atoms with E-state index in [1.165, 1.54) is 10.4 Å². The van der Waals surface area contributed by atoms with E-state index in [1.54, 1.807) is 18.2 Å². The summed E-state index contributed by atoms with van der Waals surface area (Å²) in [5.74, 6) is -0.286. The van der Waals surface area contributed by atoms with Crippen LogP contribution in [0.4, 0.5) is 11.4 Å². The Morgan fingerprint density at radius 3 is 2.24 bits per heavy atom. The van der Waals surface area contributed by atoms with Crippen molar-refractivity contribution in [3.63, 3.8) is 0 Å². The van der Waals surface area contributed by atoms with Crippen molar-refractivity contribution in [3.05, 3.63) is 89.5 Å². The number of amides is 1. The van der Waals surface area contributed by atoms with E-state index >= 15 is 0 Å². The van der Waals surface area contributed by atoms with Gasteiger partial charge < -0.3 is 15.4 Å². The van der Waals surface area contributed by atoms with E-state index in [0.717, 1.165) is 22.4 Å². The topological polar surface area (TPSA) is 87.7 Å². The molecule has 0 aliphatic carbocycles. The lowest BCUT2D eigenvalue weighted by Gasteiger charge is -2.26. The van der Waals surface area contributed by atoms with Gasteiger partial charge >= 0.3 is 0 Å². The highest BCUT2D eigenvalue weighted by molar-refractivity contribution is 7.89. The number of nitrogens with one attached hydrogen (secondary N) is 2. The van der Waals surface area contributed by atoms with Gasteiger partial charge in [-0.3, -0.25) is 4.79 Å². The highest BCUT2D eigenvalue weighted by Crippen LogP contribution is 2.25. The van der Waals surface area contributed by atoms with E-state index in [2.05, 4.69) is 16.7 Å². The maximum absolute atomic E-state index is 13.4. The Bertz CT molecular complexity index is 1240. The van der Waals surface area contributed by atoms with Gasteiger partial charge in [0.05, 0.1) is 18.1 Å². The van der Waals surface area contributed by atoms with Crippen LogP contribution in [-0.4, -0.2) is 44.9 Å². The van der Waals surface area contributed by atoms with Crippen molar-refractivity contribution in [2.24, 2.45) is 0 Å². The molecule has 1 saturated heterocycles. The Morgan fingerprint density at radius 1 is 0.882 bits per heavy atom. The van der Waals surface area contributed by atoms with E-state index < -0.39 is 16.1 Å². The van der Waals surface area contributed by atoms with E-state index in [9.17, 15) is 13.2 Å². The van der Waals surface area contributed by atoms with Crippen LogP contribution in [0.2, 0.25) is 0 Å². The molecule has 1 aliphatic rings. The standard InChI is InChI=1S/C26H29N3O4S/c1-19-15-20(2)17-23(16-19)27-25(21-7-4-3-5-8-21)26(30)28-22-9-6-10-24(18-22)34(31,32)29-11-13-33-14-12-29/h3-10,15-18,25,27H,11-14H2,1-2H3,(H,28,30)/t25-/m1/s1. The van der Waals surface area contributed by atoms with Gasteiger partial charge in [0.2, 0.25) is 10.0 Å². The van der Waals surface area contributed by atoms with Crippen LogP contribution >= 0.6 is 0 Å². The first-order valence-electron chi connectivity index (χ1n) is 11.2. The Hall–Kier alpha value is -3.20. The van der Waals surface area contributed by atoms with Gasteiger partial charge in [-0.25, -0.2) is 8.42 Å². The number of anilines is 2. The molecule has 1 aliphatic heterocycles. The lowest BCUT2D eigenvalue weighted by molar-refractivity contribution is -0.117. The molecule has 1 fully saturated rings. The molecule has 4 rings (SSSR count). The Balaban J connectivity index is 1.58. The Morgan fingerprint density at radius 2 is 1.56 bits per heavy atom. The maximum Gasteiger partial charge on any atom is 0.251 e. The molecule has 0 aromatic heterocycles. The average Bonchev–Trinajstić information content (AvgIpc) is 2.83. The molecule has 3 aromatic rings. The summed E-state index contributed by atoms with van der Waals surface area (Å²) in [6, 6.07) is 21.2. The smallest absolute Gasteiger partial charge is 0.251 e. The molecule has 2 N–H and O–H groups in total. The zero-order chi connectivity index (χ0) is 24.1. The van der Waals surface area contributed by atoms with E-state index in [4.69, 9.17) is 4.74 Å². The fourth-order valence-electron chi connectivity index (χ4n) is 4.06. The maximum atomic E-state index is 13.4. The van der Waals surface area contributed by atoms with Gasteiger partial charge in [0.1, 0.15) is 6.04 Å². The molecule has 1 atom stereocenters. The molecule has 0 radical (unpaired) electrons. The van der Waals surface area contributed by atoms with Crippen LogP contribution in [0.15, 0.2) is 77.7 Å². The third kappa shape index (κ3) is 5.64. The largest absolute Gasteiger partial charge is 0.379 e. The highest BCUT2D eigenvalue weighted by atomic mass is 32.2. The fourth-order valence-corrected chi connectivity index (χ4v) is 5.51. The van der Waals surface area contributed by atoms with Crippen molar-refractivity contribution in [2.45, 2.75) is 24.8 Å². The van der Waals surface area contributed by atoms with Crippen molar-refractivity contribution in [2.75, 3.05) is 36.9 Å². The first kappa shape index (κ1) is 23.9. The SMILES string of the molecule is Cc1cc(C)cc(N[C@@H](C(=O)Nc2cccc(S(=O)(=O)N3CCOCC3)c2)c2ccccc2)c1. The van der Waals surface area contributed by atoms with Gasteiger partial charge in [-0.05, 0) is 60.9 Å². The van der Waals surface area contributed by atoms with E-state index in [-0.39, 0.29) is 10.8 Å². The summed E-state index contributed by atoms with van der Waals surface area (Å²) < 4.78 is 32.7. The number of ether oxygens (including phenoxy) is 1. The molecule has 178 valence electrons. The second kappa shape index (κ2) is 10.4. The number of sulfonamides is 1.